The average molecular weight is 434 g/mol. The number of aryl methyl sites for hydroxylation is 2. The number of ketones is 1. The monoisotopic (exact) mass is 433 g/mol. The summed E-state index contributed by atoms with van der Waals surface area (Å²) in [6.07, 6.45) is 5.30. The van der Waals surface area contributed by atoms with Gasteiger partial charge >= 0.3 is 11.7 Å². The van der Waals surface area contributed by atoms with Crippen LogP contribution in [-0.4, -0.2) is 27.5 Å². The fourth-order valence-corrected chi connectivity index (χ4v) is 4.78. The number of nitrogens with two attached hydrogens (primary N) is 1. The third-order valence-electron chi connectivity index (χ3n) is 5.19. The molecule has 0 bridgehead atoms. The molecule has 3 rings (SSSR count). The van der Waals surface area contributed by atoms with Crippen molar-refractivity contribution >= 4 is 28.9 Å². The van der Waals surface area contributed by atoms with Gasteiger partial charge in [-0.15, -0.1) is 11.3 Å². The Kier molecular flexibility index (Phi) is 6.60. The molecule has 0 radical (unpaired) electrons. The first kappa shape index (κ1) is 22.0. The van der Waals surface area contributed by atoms with Crippen LogP contribution >= 0.6 is 11.3 Å². The van der Waals surface area contributed by atoms with Gasteiger partial charge < -0.3 is 10.5 Å². The van der Waals surface area contributed by atoms with Gasteiger partial charge in [-0.25, -0.2) is 9.59 Å². The molecule has 0 aliphatic heterocycles. The van der Waals surface area contributed by atoms with Crippen LogP contribution in [0.5, 0.6) is 0 Å². The lowest BCUT2D eigenvalue weighted by molar-refractivity contribution is 0.0479. The molecule has 8 nitrogen and oxygen atoms in total. The Morgan fingerprint density at radius 1 is 1.20 bits per heavy atom. The second-order valence-electron chi connectivity index (χ2n) is 8.03. The molecular formula is C21H27N3O5S. The zero-order valence-corrected chi connectivity index (χ0v) is 18.3. The van der Waals surface area contributed by atoms with Crippen molar-refractivity contribution in [2.75, 3.05) is 12.3 Å². The minimum Gasteiger partial charge on any atom is -0.453 e. The van der Waals surface area contributed by atoms with E-state index in [2.05, 4.69) is 0 Å². The molecule has 0 atom stereocenters. The van der Waals surface area contributed by atoms with E-state index in [0.29, 0.717) is 4.88 Å². The summed E-state index contributed by atoms with van der Waals surface area (Å²) in [6.45, 7) is 3.44. The molecule has 0 amide bonds. The molecule has 2 aromatic heterocycles. The molecule has 1 aliphatic rings. The number of aromatic nitrogens is 2. The first-order valence-corrected chi connectivity index (χ1v) is 10.9. The highest BCUT2D eigenvalue weighted by Crippen LogP contribution is 2.29. The van der Waals surface area contributed by atoms with Gasteiger partial charge in [0.15, 0.2) is 6.61 Å². The highest BCUT2D eigenvalue weighted by atomic mass is 32.1. The molecule has 0 saturated carbocycles. The number of rotatable bonds is 6. The van der Waals surface area contributed by atoms with E-state index in [0.717, 1.165) is 30.3 Å². The molecule has 0 unspecified atom stereocenters. The molecular weight excluding hydrogens is 406 g/mol. The van der Waals surface area contributed by atoms with Crippen molar-refractivity contribution in [2.24, 2.45) is 13.0 Å². The van der Waals surface area contributed by atoms with Gasteiger partial charge in [-0.2, -0.15) is 0 Å². The van der Waals surface area contributed by atoms with E-state index in [-0.39, 0.29) is 23.8 Å². The van der Waals surface area contributed by atoms with Gasteiger partial charge in [0.25, 0.3) is 5.56 Å². The first-order chi connectivity index (χ1) is 14.2. The van der Waals surface area contributed by atoms with Crippen LogP contribution in [0.3, 0.4) is 0 Å². The van der Waals surface area contributed by atoms with Gasteiger partial charge in [0.05, 0.1) is 0 Å². The van der Waals surface area contributed by atoms with Gasteiger partial charge in [-0.3, -0.25) is 18.7 Å². The van der Waals surface area contributed by atoms with E-state index in [1.54, 1.807) is 0 Å². The molecule has 0 saturated heterocycles. The molecule has 2 aromatic rings. The maximum atomic E-state index is 12.7. The van der Waals surface area contributed by atoms with E-state index in [9.17, 15) is 19.2 Å². The highest BCUT2D eigenvalue weighted by Gasteiger charge is 2.24. The number of ether oxygens (including phenoxy) is 1. The zero-order chi connectivity index (χ0) is 22.0. The molecule has 1 aliphatic carbocycles. The third kappa shape index (κ3) is 4.40. The Bertz CT molecular complexity index is 1070. The molecule has 2 heterocycles. The van der Waals surface area contributed by atoms with Crippen LogP contribution < -0.4 is 17.0 Å². The Balaban J connectivity index is 1.79. The maximum absolute atomic E-state index is 12.7. The van der Waals surface area contributed by atoms with Gasteiger partial charge in [0.2, 0.25) is 5.78 Å². The maximum Gasteiger partial charge on any atom is 0.348 e. The van der Waals surface area contributed by atoms with Crippen molar-refractivity contribution in [3.63, 3.8) is 0 Å². The summed E-state index contributed by atoms with van der Waals surface area (Å²) in [4.78, 5) is 51.6. The second kappa shape index (κ2) is 8.99. The van der Waals surface area contributed by atoms with Gasteiger partial charge in [0.1, 0.15) is 16.3 Å². The molecule has 9 heteroatoms. The summed E-state index contributed by atoms with van der Waals surface area (Å²) in [5.74, 6) is -1.43. The molecule has 0 aromatic carbocycles. The SMILES string of the molecule is CC(C)Cn1c(N)c(C(=O)COC(=O)c2cc3c(s2)CCCCC3)c(=O)n(C)c1=O. The minimum atomic E-state index is -0.790. The first-order valence-electron chi connectivity index (χ1n) is 10.1. The summed E-state index contributed by atoms with van der Waals surface area (Å²) in [6, 6.07) is 1.84. The van der Waals surface area contributed by atoms with Crippen molar-refractivity contribution in [3.05, 3.63) is 47.8 Å². The topological polar surface area (TPSA) is 113 Å². The fraction of sp³-hybridized carbons (Fsp3) is 0.524. The third-order valence-corrected chi connectivity index (χ3v) is 6.41. The number of carbonyl (C=O) groups excluding carboxylic acids is 2. The van der Waals surface area contributed by atoms with E-state index in [4.69, 9.17) is 10.5 Å². The number of fused-ring (bicyclic) bond motifs is 1. The van der Waals surface area contributed by atoms with E-state index >= 15 is 0 Å². The second-order valence-corrected chi connectivity index (χ2v) is 9.17. The van der Waals surface area contributed by atoms with Crippen LogP contribution in [0.2, 0.25) is 0 Å². The highest BCUT2D eigenvalue weighted by molar-refractivity contribution is 7.14. The van der Waals surface area contributed by atoms with Crippen LogP contribution in [-0.2, 0) is 31.2 Å². The van der Waals surface area contributed by atoms with Gasteiger partial charge in [-0.05, 0) is 43.2 Å². The van der Waals surface area contributed by atoms with Crippen molar-refractivity contribution in [3.8, 4) is 0 Å². The zero-order valence-electron chi connectivity index (χ0n) is 17.5. The van der Waals surface area contributed by atoms with Crippen molar-refractivity contribution < 1.29 is 14.3 Å². The number of nitrogens with zero attached hydrogens (tertiary/aromatic N) is 2. The van der Waals surface area contributed by atoms with Crippen LogP contribution in [0.4, 0.5) is 5.82 Å². The molecule has 30 heavy (non-hydrogen) atoms. The van der Waals surface area contributed by atoms with Crippen molar-refractivity contribution in [1.82, 2.24) is 9.13 Å². The van der Waals surface area contributed by atoms with Crippen LogP contribution in [0.15, 0.2) is 15.7 Å². The Hall–Kier alpha value is -2.68. The van der Waals surface area contributed by atoms with Crippen LogP contribution in [0.1, 0.15) is 63.6 Å². The summed E-state index contributed by atoms with van der Waals surface area (Å²) in [7, 11) is 1.29. The predicted octanol–water partition coefficient (Wildman–Crippen LogP) is 2.16. The summed E-state index contributed by atoms with van der Waals surface area (Å²) < 4.78 is 7.24. The largest absolute Gasteiger partial charge is 0.453 e. The molecule has 2 N–H and O–H groups in total. The van der Waals surface area contributed by atoms with Crippen molar-refractivity contribution in [1.29, 1.82) is 0 Å². The van der Waals surface area contributed by atoms with E-state index in [1.165, 1.54) is 39.8 Å². The van der Waals surface area contributed by atoms with E-state index < -0.39 is 29.6 Å². The average Bonchev–Trinajstić information content (AvgIpc) is 2.98. The lowest BCUT2D eigenvalue weighted by Crippen LogP contribution is -2.43. The predicted molar refractivity (Wildman–Crippen MR) is 115 cm³/mol. The Morgan fingerprint density at radius 3 is 2.60 bits per heavy atom. The summed E-state index contributed by atoms with van der Waals surface area (Å²) >= 11 is 1.40. The Labute approximate surface area is 178 Å². The minimum absolute atomic E-state index is 0.0809. The number of thiophene rings is 1. The van der Waals surface area contributed by atoms with Gasteiger partial charge in [-0.1, -0.05) is 20.3 Å². The number of esters is 1. The lowest BCUT2D eigenvalue weighted by atomic mass is 10.1. The summed E-state index contributed by atoms with van der Waals surface area (Å²) in [5, 5.41) is 0. The summed E-state index contributed by atoms with van der Waals surface area (Å²) in [5.41, 5.74) is 5.47. The molecule has 0 spiro atoms. The number of nitrogen functional groups attached to an aromatic ring is 1. The van der Waals surface area contributed by atoms with Crippen LogP contribution in [0, 0.1) is 5.92 Å². The normalized spacial score (nSPS) is 13.7. The van der Waals surface area contributed by atoms with Gasteiger partial charge in [0, 0.05) is 18.5 Å². The number of hydrogen-bond donors (Lipinski definition) is 1. The number of anilines is 1. The standard InChI is InChI=1S/C21H27N3O5S/c1-12(2)10-24-18(22)17(19(26)23(3)21(24)28)14(25)11-29-20(27)16-9-13-7-5-4-6-8-15(13)30-16/h9,12H,4-8,10-11,22H2,1-3H3. The Morgan fingerprint density at radius 2 is 1.90 bits per heavy atom. The number of Topliss-reactive ketones (excluding diaryl/α,β-unsaturated/α-hetero) is 1. The quantitative estimate of drug-likeness (QED) is 0.424. The van der Waals surface area contributed by atoms with Crippen LogP contribution in [0.25, 0.3) is 0 Å². The molecule has 0 fully saturated rings. The van der Waals surface area contributed by atoms with E-state index in [1.807, 2.05) is 19.9 Å². The fourth-order valence-electron chi connectivity index (χ4n) is 3.63. The number of hydrogen-bond acceptors (Lipinski definition) is 7. The smallest absolute Gasteiger partial charge is 0.348 e. The number of carbonyl (C=O) groups is 2. The lowest BCUT2D eigenvalue weighted by Gasteiger charge is -2.16. The molecule has 162 valence electrons. The van der Waals surface area contributed by atoms with Crippen molar-refractivity contribution in [2.45, 2.75) is 52.5 Å².